The normalized spacial score (nSPS) is 18.2. The Hall–Kier alpha value is -2.21. The maximum Gasteiger partial charge on any atom is 0.246 e. The number of ketones is 1. The summed E-state index contributed by atoms with van der Waals surface area (Å²) in [6, 6.07) is 6.89. The molecule has 0 bridgehead atoms. The van der Waals surface area contributed by atoms with Crippen LogP contribution in [0.15, 0.2) is 24.3 Å². The van der Waals surface area contributed by atoms with Gasteiger partial charge in [-0.1, -0.05) is 12.1 Å². The van der Waals surface area contributed by atoms with E-state index in [1.807, 2.05) is 0 Å². The number of carbonyl (C=O) groups is 3. The van der Waals surface area contributed by atoms with E-state index in [1.54, 1.807) is 43.0 Å². The van der Waals surface area contributed by atoms with Crippen molar-refractivity contribution in [3.63, 3.8) is 0 Å². The van der Waals surface area contributed by atoms with E-state index in [1.165, 1.54) is 7.11 Å². The van der Waals surface area contributed by atoms with Gasteiger partial charge >= 0.3 is 0 Å². The lowest BCUT2D eigenvalue weighted by atomic mass is 9.97. The highest BCUT2D eigenvalue weighted by Crippen LogP contribution is 2.22. The number of benzene rings is 1. The number of nitrogens with zero attached hydrogens (tertiary/aromatic N) is 1. The molecule has 1 heterocycles. The summed E-state index contributed by atoms with van der Waals surface area (Å²) < 4.78 is 5.16. The number of Topliss-reactive ketones (excluding diaryl/α,β-unsaturated/α-hetero) is 1. The first-order valence-electron chi connectivity index (χ1n) is 6.62. The van der Waals surface area contributed by atoms with Gasteiger partial charge in [-0.15, -0.1) is 0 Å². The van der Waals surface area contributed by atoms with Crippen LogP contribution in [0.1, 0.15) is 24.2 Å². The van der Waals surface area contributed by atoms with Gasteiger partial charge in [-0.05, 0) is 26.0 Å². The molecule has 0 aliphatic carbocycles. The van der Waals surface area contributed by atoms with Crippen LogP contribution in [0.5, 0.6) is 5.75 Å². The quantitative estimate of drug-likeness (QED) is 0.649. The summed E-state index contributed by atoms with van der Waals surface area (Å²) in [6.07, 6.45) is 0. The van der Waals surface area contributed by atoms with Crippen molar-refractivity contribution in [3.8, 4) is 5.75 Å². The van der Waals surface area contributed by atoms with Gasteiger partial charge in [-0.2, -0.15) is 0 Å². The Morgan fingerprint density at radius 1 is 1.33 bits per heavy atom. The monoisotopic (exact) mass is 290 g/mol. The van der Waals surface area contributed by atoms with E-state index >= 15 is 0 Å². The number of hydrogen-bond acceptors (Lipinski definition) is 5. The lowest BCUT2D eigenvalue weighted by Crippen LogP contribution is -2.64. The summed E-state index contributed by atoms with van der Waals surface area (Å²) in [5.41, 5.74) is -0.472. The molecule has 1 N–H and O–H groups in total. The number of nitrogens with one attached hydrogen (secondary N) is 1. The van der Waals surface area contributed by atoms with Crippen molar-refractivity contribution >= 4 is 17.6 Å². The topological polar surface area (TPSA) is 75.7 Å². The van der Waals surface area contributed by atoms with Crippen LogP contribution in [-0.2, 0) is 9.59 Å². The molecular formula is C15H18N2O4. The molecule has 2 amide bonds. The molecule has 112 valence electrons. The predicted octanol–water partition coefficient (Wildman–Crippen LogP) is 0.615. The van der Waals surface area contributed by atoms with Crippen molar-refractivity contribution < 1.29 is 19.1 Å². The average molecular weight is 290 g/mol. The molecule has 0 unspecified atom stereocenters. The summed E-state index contributed by atoms with van der Waals surface area (Å²) in [4.78, 5) is 37.4. The van der Waals surface area contributed by atoms with E-state index in [0.717, 1.165) is 0 Å². The number of rotatable bonds is 4. The second-order valence-corrected chi connectivity index (χ2v) is 5.42. The third-order valence-electron chi connectivity index (χ3n) is 3.68. The summed E-state index contributed by atoms with van der Waals surface area (Å²) >= 11 is 0. The van der Waals surface area contributed by atoms with Gasteiger partial charge in [0.05, 0.1) is 31.3 Å². The first-order chi connectivity index (χ1) is 9.86. The molecule has 0 spiro atoms. The Morgan fingerprint density at radius 3 is 2.67 bits per heavy atom. The Morgan fingerprint density at radius 2 is 2.00 bits per heavy atom. The number of ether oxygens (including phenoxy) is 1. The maximum absolute atomic E-state index is 12.4. The van der Waals surface area contributed by atoms with Gasteiger partial charge in [0.25, 0.3) is 0 Å². The van der Waals surface area contributed by atoms with E-state index in [-0.39, 0.29) is 18.9 Å². The molecule has 0 saturated carbocycles. The van der Waals surface area contributed by atoms with E-state index in [2.05, 4.69) is 5.32 Å². The van der Waals surface area contributed by atoms with Crippen LogP contribution in [0.25, 0.3) is 0 Å². The van der Waals surface area contributed by atoms with Gasteiger partial charge in [0.15, 0.2) is 5.78 Å². The molecule has 1 aromatic carbocycles. The SMILES string of the molecule is COc1ccccc1C(=O)CN1CC(=O)NC(=O)C1(C)C. The van der Waals surface area contributed by atoms with Crippen LogP contribution in [0.4, 0.5) is 0 Å². The highest BCUT2D eigenvalue weighted by atomic mass is 16.5. The summed E-state index contributed by atoms with van der Waals surface area (Å²) in [5, 5.41) is 2.28. The molecule has 1 aliphatic heterocycles. The lowest BCUT2D eigenvalue weighted by molar-refractivity contribution is -0.144. The van der Waals surface area contributed by atoms with Crippen molar-refractivity contribution in [2.45, 2.75) is 19.4 Å². The van der Waals surface area contributed by atoms with E-state index < -0.39 is 17.4 Å². The Balaban J connectivity index is 2.22. The van der Waals surface area contributed by atoms with Crippen LogP contribution >= 0.6 is 0 Å². The lowest BCUT2D eigenvalue weighted by Gasteiger charge is -2.39. The van der Waals surface area contributed by atoms with Crippen molar-refractivity contribution in [1.29, 1.82) is 0 Å². The number of methoxy groups -OCH3 is 1. The number of amides is 2. The standard InChI is InChI=1S/C15H18N2O4/c1-15(2)14(20)16-13(19)9-17(15)8-11(18)10-6-4-5-7-12(10)21-3/h4-7H,8-9H2,1-3H3,(H,16,19,20). The number of para-hydroxylation sites is 1. The zero-order chi connectivity index (χ0) is 15.6. The summed E-state index contributed by atoms with van der Waals surface area (Å²) in [6.45, 7) is 3.36. The number of hydrogen-bond donors (Lipinski definition) is 1. The fourth-order valence-electron chi connectivity index (χ4n) is 2.22. The van der Waals surface area contributed by atoms with E-state index in [4.69, 9.17) is 4.74 Å². The smallest absolute Gasteiger partial charge is 0.246 e. The minimum Gasteiger partial charge on any atom is -0.496 e. The van der Waals surface area contributed by atoms with Crippen LogP contribution in [0.2, 0.25) is 0 Å². The molecular weight excluding hydrogens is 272 g/mol. The van der Waals surface area contributed by atoms with Gasteiger partial charge in [0.2, 0.25) is 11.8 Å². The number of imide groups is 1. The number of piperazine rings is 1. The van der Waals surface area contributed by atoms with Crippen LogP contribution < -0.4 is 10.1 Å². The highest BCUT2D eigenvalue weighted by molar-refractivity contribution is 6.05. The molecule has 2 rings (SSSR count). The second-order valence-electron chi connectivity index (χ2n) is 5.42. The number of carbonyl (C=O) groups excluding carboxylic acids is 3. The molecule has 6 nitrogen and oxygen atoms in total. The van der Waals surface area contributed by atoms with Gasteiger partial charge < -0.3 is 4.74 Å². The van der Waals surface area contributed by atoms with E-state index in [9.17, 15) is 14.4 Å². The molecule has 0 aromatic heterocycles. The van der Waals surface area contributed by atoms with Crippen molar-refractivity contribution in [2.24, 2.45) is 0 Å². The molecule has 1 saturated heterocycles. The van der Waals surface area contributed by atoms with Gasteiger partial charge in [0, 0.05) is 0 Å². The molecule has 1 aliphatic rings. The summed E-state index contributed by atoms with van der Waals surface area (Å²) in [5.74, 6) is -0.505. The molecule has 1 aromatic rings. The van der Waals surface area contributed by atoms with Gasteiger partial charge in [-0.3, -0.25) is 24.6 Å². The first-order valence-corrected chi connectivity index (χ1v) is 6.62. The zero-order valence-electron chi connectivity index (χ0n) is 12.3. The largest absolute Gasteiger partial charge is 0.496 e. The molecule has 1 fully saturated rings. The predicted molar refractivity (Wildman–Crippen MR) is 76.1 cm³/mol. The van der Waals surface area contributed by atoms with E-state index in [0.29, 0.717) is 11.3 Å². The van der Waals surface area contributed by atoms with Crippen LogP contribution in [-0.4, -0.2) is 48.2 Å². The third kappa shape index (κ3) is 2.95. The molecule has 21 heavy (non-hydrogen) atoms. The molecule has 6 heteroatoms. The average Bonchev–Trinajstić information content (AvgIpc) is 2.44. The van der Waals surface area contributed by atoms with Crippen molar-refractivity contribution in [3.05, 3.63) is 29.8 Å². The minimum absolute atomic E-state index is 0.0135. The Bertz CT molecular complexity index is 595. The second kappa shape index (κ2) is 5.65. The molecule has 0 atom stereocenters. The Kier molecular flexibility index (Phi) is 4.09. The van der Waals surface area contributed by atoms with Crippen molar-refractivity contribution in [1.82, 2.24) is 10.2 Å². The van der Waals surface area contributed by atoms with Gasteiger partial charge in [0.1, 0.15) is 5.75 Å². The fourth-order valence-corrected chi connectivity index (χ4v) is 2.22. The minimum atomic E-state index is -0.911. The fraction of sp³-hybridized carbons (Fsp3) is 0.400. The van der Waals surface area contributed by atoms with Crippen LogP contribution in [0, 0.1) is 0 Å². The first kappa shape index (κ1) is 15.2. The highest BCUT2D eigenvalue weighted by Gasteiger charge is 2.41. The van der Waals surface area contributed by atoms with Crippen molar-refractivity contribution in [2.75, 3.05) is 20.2 Å². The molecule has 0 radical (unpaired) electrons. The Labute approximate surface area is 123 Å². The zero-order valence-corrected chi connectivity index (χ0v) is 12.3. The summed E-state index contributed by atoms with van der Waals surface area (Å²) in [7, 11) is 1.49. The van der Waals surface area contributed by atoms with Crippen LogP contribution in [0.3, 0.4) is 0 Å². The van der Waals surface area contributed by atoms with Gasteiger partial charge in [-0.25, -0.2) is 0 Å². The maximum atomic E-state index is 12.4. The third-order valence-corrected chi connectivity index (χ3v) is 3.68.